The largest absolute Gasteiger partial charge is 0.481 e. The summed E-state index contributed by atoms with van der Waals surface area (Å²) in [4.78, 5) is 14.7. The number of hydrogen-bond donors (Lipinski definition) is 1. The number of nitrogens with zero attached hydrogens (tertiary/aromatic N) is 1. The Morgan fingerprint density at radius 2 is 1.92 bits per heavy atom. The molecule has 3 nitrogen and oxygen atoms in total. The topological polar surface area (TPSA) is 49.7 Å². The van der Waals surface area contributed by atoms with Gasteiger partial charge in [-0.25, -0.2) is 4.39 Å². The molecule has 0 aromatic heterocycles. The molecule has 1 aromatic rings. The van der Waals surface area contributed by atoms with Crippen LogP contribution in [0.3, 0.4) is 0 Å². The van der Waals surface area contributed by atoms with Crippen LogP contribution >= 0.6 is 0 Å². The van der Waals surface area contributed by atoms with Crippen molar-refractivity contribution in [1.82, 2.24) is 0 Å². The van der Waals surface area contributed by atoms with E-state index in [0.717, 1.165) is 6.07 Å². The van der Waals surface area contributed by atoms with E-state index in [4.69, 9.17) is 5.11 Å². The van der Waals surface area contributed by atoms with Crippen LogP contribution in [0.2, 0.25) is 0 Å². The summed E-state index contributed by atoms with van der Waals surface area (Å²) in [7, 11) is 0. The number of unbranched alkanes of at least 4 members (excludes halogenated alkanes) is 2. The standard InChI is InChI=1S/C17H19F4NO2/c1-10-16(2,7-5-3-4-6-14(23)24)15-12(17(19,20)21)8-11(18)9-13(15)22-10/h8-9H,3-7H2,1-2H3,(H,23,24). The van der Waals surface area contributed by atoms with Crippen LogP contribution in [-0.2, 0) is 16.4 Å². The van der Waals surface area contributed by atoms with Crippen LogP contribution in [0.5, 0.6) is 0 Å². The Balaban J connectivity index is 2.28. The van der Waals surface area contributed by atoms with Crippen molar-refractivity contribution < 1.29 is 27.5 Å². The first-order valence-electron chi connectivity index (χ1n) is 7.74. The first kappa shape index (κ1) is 18.4. The summed E-state index contributed by atoms with van der Waals surface area (Å²) in [5.41, 5.74) is -1.32. The van der Waals surface area contributed by atoms with E-state index in [1.54, 1.807) is 13.8 Å². The Kier molecular flexibility index (Phi) is 5.01. The summed E-state index contributed by atoms with van der Waals surface area (Å²) in [6, 6.07) is 1.55. The van der Waals surface area contributed by atoms with E-state index in [9.17, 15) is 22.4 Å². The number of carboxylic acid groups (broad SMARTS) is 1. The normalized spacial score (nSPS) is 20.0. The fourth-order valence-electron chi connectivity index (χ4n) is 3.21. The number of alkyl halides is 3. The lowest BCUT2D eigenvalue weighted by atomic mass is 9.74. The van der Waals surface area contributed by atoms with E-state index < -0.39 is 28.9 Å². The quantitative estimate of drug-likeness (QED) is 0.566. The average molecular weight is 345 g/mol. The summed E-state index contributed by atoms with van der Waals surface area (Å²) >= 11 is 0. The van der Waals surface area contributed by atoms with Gasteiger partial charge in [0, 0.05) is 23.1 Å². The zero-order valence-corrected chi connectivity index (χ0v) is 13.5. The minimum atomic E-state index is -4.66. The Bertz CT molecular complexity index is 682. The lowest BCUT2D eigenvalue weighted by Crippen LogP contribution is -2.30. The molecule has 0 bridgehead atoms. The second kappa shape index (κ2) is 6.53. The summed E-state index contributed by atoms with van der Waals surface area (Å²) in [6.07, 6.45) is -2.55. The van der Waals surface area contributed by atoms with Crippen molar-refractivity contribution in [2.45, 2.75) is 57.5 Å². The van der Waals surface area contributed by atoms with Gasteiger partial charge in [0.2, 0.25) is 0 Å². The van der Waals surface area contributed by atoms with Crippen LogP contribution in [0.15, 0.2) is 17.1 Å². The molecule has 0 spiro atoms. The minimum absolute atomic E-state index is 0.0205. The van der Waals surface area contributed by atoms with Gasteiger partial charge in [0.1, 0.15) is 5.82 Å². The molecule has 7 heteroatoms. The third-order valence-corrected chi connectivity index (χ3v) is 4.59. The van der Waals surface area contributed by atoms with E-state index in [1.165, 1.54) is 0 Å². The maximum Gasteiger partial charge on any atom is 0.416 e. The van der Waals surface area contributed by atoms with Crippen molar-refractivity contribution in [1.29, 1.82) is 0 Å². The zero-order valence-electron chi connectivity index (χ0n) is 13.5. The summed E-state index contributed by atoms with van der Waals surface area (Å²) in [6.45, 7) is 3.33. The van der Waals surface area contributed by atoms with E-state index >= 15 is 0 Å². The first-order valence-corrected chi connectivity index (χ1v) is 7.74. The number of aliphatic imine (C=N–C) groups is 1. The number of benzene rings is 1. The van der Waals surface area contributed by atoms with Crippen LogP contribution in [-0.4, -0.2) is 16.8 Å². The van der Waals surface area contributed by atoms with Gasteiger partial charge in [-0.3, -0.25) is 9.79 Å². The fraction of sp³-hybridized carbons (Fsp3) is 0.529. The van der Waals surface area contributed by atoms with E-state index in [-0.39, 0.29) is 17.7 Å². The Morgan fingerprint density at radius 1 is 1.25 bits per heavy atom. The molecule has 2 rings (SSSR count). The van der Waals surface area contributed by atoms with E-state index in [2.05, 4.69) is 4.99 Å². The number of halogens is 4. The third-order valence-electron chi connectivity index (χ3n) is 4.59. The van der Waals surface area contributed by atoms with Gasteiger partial charge in [0.05, 0.1) is 11.3 Å². The molecule has 0 fully saturated rings. The maximum atomic E-state index is 13.5. The van der Waals surface area contributed by atoms with Gasteiger partial charge in [0.15, 0.2) is 0 Å². The van der Waals surface area contributed by atoms with Crippen molar-refractivity contribution in [3.05, 3.63) is 29.1 Å². The molecule has 132 valence electrons. The van der Waals surface area contributed by atoms with Gasteiger partial charge in [-0.05, 0) is 31.9 Å². The van der Waals surface area contributed by atoms with Gasteiger partial charge >= 0.3 is 12.1 Å². The molecule has 1 aliphatic rings. The fourth-order valence-corrected chi connectivity index (χ4v) is 3.21. The molecule has 0 saturated heterocycles. The zero-order chi connectivity index (χ0) is 18.1. The lowest BCUT2D eigenvalue weighted by Gasteiger charge is -2.29. The molecule has 1 heterocycles. The molecule has 0 saturated carbocycles. The lowest BCUT2D eigenvalue weighted by molar-refractivity contribution is -0.139. The highest BCUT2D eigenvalue weighted by Crippen LogP contribution is 2.49. The van der Waals surface area contributed by atoms with Gasteiger partial charge in [-0.15, -0.1) is 0 Å². The Morgan fingerprint density at radius 3 is 2.50 bits per heavy atom. The second-order valence-electron chi connectivity index (χ2n) is 6.33. The molecule has 0 amide bonds. The van der Waals surface area contributed by atoms with Crippen molar-refractivity contribution in [3.8, 4) is 0 Å². The number of fused-ring (bicyclic) bond motifs is 1. The second-order valence-corrected chi connectivity index (χ2v) is 6.33. The van der Waals surface area contributed by atoms with Crippen molar-refractivity contribution >= 4 is 17.4 Å². The minimum Gasteiger partial charge on any atom is -0.481 e. The molecule has 1 atom stereocenters. The molecule has 1 unspecified atom stereocenters. The number of hydrogen-bond acceptors (Lipinski definition) is 2. The molecule has 1 aromatic carbocycles. The smallest absolute Gasteiger partial charge is 0.416 e. The number of carbonyl (C=O) groups is 1. The Labute approximate surface area is 137 Å². The summed E-state index contributed by atoms with van der Waals surface area (Å²) < 4.78 is 53.6. The van der Waals surface area contributed by atoms with Crippen LogP contribution in [0.25, 0.3) is 0 Å². The monoisotopic (exact) mass is 345 g/mol. The Hall–Kier alpha value is -1.92. The van der Waals surface area contributed by atoms with Crippen molar-refractivity contribution in [3.63, 3.8) is 0 Å². The summed E-state index contributed by atoms with van der Waals surface area (Å²) in [5.74, 6) is -1.84. The van der Waals surface area contributed by atoms with Crippen molar-refractivity contribution in [2.75, 3.05) is 0 Å². The highest BCUT2D eigenvalue weighted by molar-refractivity contribution is 6.00. The SMILES string of the molecule is CC1=Nc2cc(F)cc(C(F)(F)F)c2C1(C)CCCCCC(=O)O. The molecular formula is C17H19F4NO2. The maximum absolute atomic E-state index is 13.5. The molecule has 24 heavy (non-hydrogen) atoms. The van der Waals surface area contributed by atoms with Gasteiger partial charge in [-0.2, -0.15) is 13.2 Å². The van der Waals surface area contributed by atoms with Crippen LogP contribution in [0, 0.1) is 5.82 Å². The third kappa shape index (κ3) is 3.60. The van der Waals surface area contributed by atoms with Gasteiger partial charge in [-0.1, -0.05) is 19.8 Å². The van der Waals surface area contributed by atoms with Gasteiger partial charge in [0.25, 0.3) is 0 Å². The molecule has 1 aliphatic heterocycles. The van der Waals surface area contributed by atoms with Crippen LogP contribution < -0.4 is 0 Å². The van der Waals surface area contributed by atoms with Crippen LogP contribution in [0.4, 0.5) is 23.2 Å². The highest BCUT2D eigenvalue weighted by Gasteiger charge is 2.45. The molecule has 0 aliphatic carbocycles. The van der Waals surface area contributed by atoms with Crippen molar-refractivity contribution in [2.24, 2.45) is 4.99 Å². The van der Waals surface area contributed by atoms with Gasteiger partial charge < -0.3 is 5.11 Å². The predicted octanol–water partition coefficient (Wildman–Crippen LogP) is 5.24. The molecule has 0 radical (unpaired) electrons. The predicted molar refractivity (Wildman–Crippen MR) is 82.2 cm³/mol. The molecule has 1 N–H and O–H groups in total. The van der Waals surface area contributed by atoms with Crippen LogP contribution in [0.1, 0.15) is 57.1 Å². The van der Waals surface area contributed by atoms with E-state index in [0.29, 0.717) is 37.5 Å². The molecular weight excluding hydrogens is 326 g/mol. The number of carboxylic acids is 1. The van der Waals surface area contributed by atoms with E-state index in [1.807, 2.05) is 0 Å². The number of aliphatic carboxylic acids is 1. The first-order chi connectivity index (χ1) is 11.1. The summed E-state index contributed by atoms with van der Waals surface area (Å²) in [5, 5.41) is 8.62. The number of rotatable bonds is 6. The highest BCUT2D eigenvalue weighted by atomic mass is 19.4. The average Bonchev–Trinajstić information content (AvgIpc) is 2.68.